The van der Waals surface area contributed by atoms with Crippen LogP contribution < -0.4 is 5.32 Å². The van der Waals surface area contributed by atoms with E-state index in [1.165, 1.54) is 57.8 Å². The number of carbonyl (C=O) groups is 1. The average molecular weight is 354 g/mol. The van der Waals surface area contributed by atoms with Crippen molar-refractivity contribution in [2.24, 2.45) is 16.7 Å². The lowest BCUT2D eigenvalue weighted by molar-refractivity contribution is -0.129. The van der Waals surface area contributed by atoms with Gasteiger partial charge in [0.25, 0.3) is 0 Å². The van der Waals surface area contributed by atoms with Crippen molar-refractivity contribution in [1.29, 1.82) is 0 Å². The van der Waals surface area contributed by atoms with Crippen molar-refractivity contribution < 1.29 is 4.79 Å². The fourth-order valence-corrected chi connectivity index (χ4v) is 3.35. The first kappa shape index (κ1) is 24.5. The van der Waals surface area contributed by atoms with E-state index in [9.17, 15) is 4.79 Å². The topological polar surface area (TPSA) is 29.1 Å². The van der Waals surface area contributed by atoms with Gasteiger partial charge in [0.05, 0.1) is 0 Å². The maximum Gasteiger partial charge on any atom is 0.223 e. The first-order valence-electron chi connectivity index (χ1n) is 10.9. The van der Waals surface area contributed by atoms with Gasteiger partial charge in [-0.2, -0.15) is 0 Å². The maximum absolute atomic E-state index is 12.6. The van der Waals surface area contributed by atoms with E-state index in [2.05, 4.69) is 53.8 Å². The van der Waals surface area contributed by atoms with E-state index in [4.69, 9.17) is 0 Å². The smallest absolute Gasteiger partial charge is 0.223 e. The Kier molecular flexibility index (Phi) is 12.5. The molecular weight excluding hydrogens is 306 g/mol. The number of hydrogen-bond acceptors (Lipinski definition) is 1. The van der Waals surface area contributed by atoms with Gasteiger partial charge < -0.3 is 5.32 Å². The normalized spacial score (nSPS) is 13.7. The van der Waals surface area contributed by atoms with Crippen molar-refractivity contribution in [3.05, 3.63) is 0 Å². The number of carbonyl (C=O) groups excluding carboxylic acids is 1. The fraction of sp³-hybridized carbons (Fsp3) is 0.957. The second kappa shape index (κ2) is 12.8. The van der Waals surface area contributed by atoms with Gasteiger partial charge in [-0.05, 0) is 23.7 Å². The zero-order valence-electron chi connectivity index (χ0n) is 18.5. The third-order valence-electron chi connectivity index (χ3n) is 5.01. The van der Waals surface area contributed by atoms with E-state index in [0.29, 0.717) is 0 Å². The summed E-state index contributed by atoms with van der Waals surface area (Å²) in [5, 5.41) is 3.20. The molecule has 0 aliphatic carbocycles. The summed E-state index contributed by atoms with van der Waals surface area (Å²) in [6.45, 7) is 16.3. The van der Waals surface area contributed by atoms with Crippen LogP contribution in [0.15, 0.2) is 0 Å². The number of nitrogens with one attached hydrogen (secondary N) is 1. The van der Waals surface area contributed by atoms with Crippen LogP contribution in [0.4, 0.5) is 0 Å². The van der Waals surface area contributed by atoms with Crippen LogP contribution in [0, 0.1) is 16.7 Å². The van der Waals surface area contributed by atoms with Gasteiger partial charge >= 0.3 is 0 Å². The third kappa shape index (κ3) is 14.3. The van der Waals surface area contributed by atoms with E-state index in [1.54, 1.807) is 0 Å². The van der Waals surface area contributed by atoms with Gasteiger partial charge in [-0.3, -0.25) is 4.79 Å². The molecule has 1 atom stereocenters. The quantitative estimate of drug-likeness (QED) is 0.351. The largest absolute Gasteiger partial charge is 0.356 e. The van der Waals surface area contributed by atoms with E-state index < -0.39 is 0 Å². The van der Waals surface area contributed by atoms with Crippen molar-refractivity contribution in [2.75, 3.05) is 6.54 Å². The Morgan fingerprint density at radius 2 is 1.20 bits per heavy atom. The number of amides is 1. The molecule has 1 amide bonds. The molecule has 0 saturated carbocycles. The Labute approximate surface area is 158 Å². The van der Waals surface area contributed by atoms with Crippen LogP contribution in [0.1, 0.15) is 119 Å². The highest BCUT2D eigenvalue weighted by molar-refractivity contribution is 5.79. The second-order valence-electron chi connectivity index (χ2n) is 10.2. The van der Waals surface area contributed by atoms with Crippen molar-refractivity contribution in [3.63, 3.8) is 0 Å². The molecule has 0 heterocycles. The molecule has 0 fully saturated rings. The van der Waals surface area contributed by atoms with Crippen LogP contribution in [0.5, 0.6) is 0 Å². The van der Waals surface area contributed by atoms with E-state index in [-0.39, 0.29) is 22.7 Å². The maximum atomic E-state index is 12.6. The summed E-state index contributed by atoms with van der Waals surface area (Å²) in [5.41, 5.74) is 0.210. The van der Waals surface area contributed by atoms with Gasteiger partial charge in [0.2, 0.25) is 5.91 Å². The van der Waals surface area contributed by atoms with E-state index in [0.717, 1.165) is 19.4 Å². The van der Waals surface area contributed by atoms with Gasteiger partial charge in [-0.15, -0.1) is 0 Å². The first-order valence-corrected chi connectivity index (χ1v) is 10.9. The average Bonchev–Trinajstić information content (AvgIpc) is 2.48. The lowest BCUT2D eigenvalue weighted by atomic mass is 9.71. The number of unbranched alkanes of at least 4 members (excludes halogenated alkanes) is 9. The molecule has 0 aromatic carbocycles. The SMILES string of the molecule is CCCCCCCCCCCCNC(=O)C(CC(C)(C)C)C(C)(C)C. The molecular formula is C23H47NO. The zero-order valence-corrected chi connectivity index (χ0v) is 18.5. The molecule has 0 aliphatic heterocycles. The molecule has 150 valence electrons. The lowest BCUT2D eigenvalue weighted by Gasteiger charge is -2.34. The monoisotopic (exact) mass is 353 g/mol. The Morgan fingerprint density at radius 1 is 0.760 bits per heavy atom. The molecule has 2 nitrogen and oxygen atoms in total. The molecule has 2 heteroatoms. The first-order chi connectivity index (χ1) is 11.6. The van der Waals surface area contributed by atoms with Crippen LogP contribution in [0.2, 0.25) is 0 Å². The van der Waals surface area contributed by atoms with Gasteiger partial charge in [-0.1, -0.05) is 106 Å². The Balaban J connectivity index is 3.83. The molecule has 0 spiro atoms. The molecule has 0 bridgehead atoms. The summed E-state index contributed by atoms with van der Waals surface area (Å²) < 4.78 is 0. The van der Waals surface area contributed by atoms with Crippen LogP contribution in [-0.2, 0) is 4.79 Å². The number of rotatable bonds is 13. The van der Waals surface area contributed by atoms with Crippen LogP contribution in [0.3, 0.4) is 0 Å². The number of hydrogen-bond donors (Lipinski definition) is 1. The van der Waals surface area contributed by atoms with Crippen molar-refractivity contribution in [1.82, 2.24) is 5.32 Å². The highest BCUT2D eigenvalue weighted by Gasteiger charge is 2.34. The predicted octanol–water partition coefficient (Wildman–Crippen LogP) is 7.12. The molecule has 1 N–H and O–H groups in total. The molecule has 0 aliphatic rings. The minimum Gasteiger partial charge on any atom is -0.356 e. The highest BCUT2D eigenvalue weighted by Crippen LogP contribution is 2.36. The molecule has 0 rings (SSSR count). The molecule has 25 heavy (non-hydrogen) atoms. The van der Waals surface area contributed by atoms with Crippen molar-refractivity contribution >= 4 is 5.91 Å². The van der Waals surface area contributed by atoms with Crippen LogP contribution >= 0.6 is 0 Å². The second-order valence-corrected chi connectivity index (χ2v) is 10.2. The standard InChI is InChI=1S/C23H47NO/c1-8-9-10-11-12-13-14-15-16-17-18-24-21(25)20(23(5,6)7)19-22(2,3)4/h20H,8-19H2,1-7H3,(H,24,25). The zero-order chi connectivity index (χ0) is 19.3. The van der Waals surface area contributed by atoms with Gasteiger partial charge in [-0.25, -0.2) is 0 Å². The highest BCUT2D eigenvalue weighted by atomic mass is 16.1. The van der Waals surface area contributed by atoms with Gasteiger partial charge in [0.15, 0.2) is 0 Å². The van der Waals surface area contributed by atoms with Gasteiger partial charge in [0, 0.05) is 12.5 Å². The molecule has 0 saturated heterocycles. The minimum atomic E-state index is 0.0230. The van der Waals surface area contributed by atoms with Crippen LogP contribution in [-0.4, -0.2) is 12.5 Å². The van der Waals surface area contributed by atoms with E-state index >= 15 is 0 Å². The summed E-state index contributed by atoms with van der Waals surface area (Å²) in [5.74, 6) is 0.342. The van der Waals surface area contributed by atoms with Crippen molar-refractivity contribution in [3.8, 4) is 0 Å². The summed E-state index contributed by atoms with van der Waals surface area (Å²) in [6.07, 6.45) is 14.3. The minimum absolute atomic E-state index is 0.0230. The Morgan fingerprint density at radius 3 is 1.60 bits per heavy atom. The lowest BCUT2D eigenvalue weighted by Crippen LogP contribution is -2.40. The summed E-state index contributed by atoms with van der Waals surface area (Å²) in [7, 11) is 0. The Bertz CT molecular complexity index is 335. The molecule has 0 radical (unpaired) electrons. The fourth-order valence-electron chi connectivity index (χ4n) is 3.35. The molecule has 1 unspecified atom stereocenters. The molecule has 0 aromatic heterocycles. The summed E-state index contributed by atoms with van der Waals surface area (Å²) >= 11 is 0. The third-order valence-corrected chi connectivity index (χ3v) is 5.01. The Hall–Kier alpha value is -0.530. The van der Waals surface area contributed by atoms with Crippen LogP contribution in [0.25, 0.3) is 0 Å². The molecule has 0 aromatic rings. The van der Waals surface area contributed by atoms with Crippen molar-refractivity contribution in [2.45, 2.75) is 119 Å². The van der Waals surface area contributed by atoms with E-state index in [1.807, 2.05) is 0 Å². The summed E-state index contributed by atoms with van der Waals surface area (Å²) in [4.78, 5) is 12.6. The summed E-state index contributed by atoms with van der Waals surface area (Å²) in [6, 6.07) is 0. The van der Waals surface area contributed by atoms with Gasteiger partial charge in [0.1, 0.15) is 0 Å². The predicted molar refractivity (Wildman–Crippen MR) is 112 cm³/mol.